The molecule has 0 N–H and O–H groups in total. The third-order valence-electron chi connectivity index (χ3n) is 2.64. The van der Waals surface area contributed by atoms with Crippen LogP contribution < -0.4 is 4.74 Å². The van der Waals surface area contributed by atoms with Crippen LogP contribution in [0, 0.1) is 26.0 Å². The molecule has 0 saturated heterocycles. The number of nitro groups is 2. The average molecular weight is 306 g/mol. The molecule has 2 aromatic rings. The maximum Gasteiger partial charge on any atom is 0.350 e. The minimum Gasteiger partial charge on any atom is -0.415 e. The van der Waals surface area contributed by atoms with E-state index in [0.717, 1.165) is 24.3 Å². The highest BCUT2D eigenvalue weighted by Gasteiger charge is 2.24. The van der Waals surface area contributed by atoms with Crippen LogP contribution in [0.3, 0.4) is 0 Å². The number of nitro benzene ring substituents is 2. The molecule has 2 rings (SSSR count). The summed E-state index contributed by atoms with van der Waals surface area (Å²) >= 11 is 0. The Bertz CT molecular complexity index is 777. The number of para-hydroxylation sites is 1. The number of ether oxygens (including phenoxy) is 1. The fourth-order valence-corrected chi connectivity index (χ4v) is 1.68. The van der Waals surface area contributed by atoms with Gasteiger partial charge in [-0.1, -0.05) is 12.1 Å². The fourth-order valence-electron chi connectivity index (χ4n) is 1.68. The van der Waals surface area contributed by atoms with Gasteiger partial charge in [0.15, 0.2) is 0 Å². The van der Waals surface area contributed by atoms with E-state index in [4.69, 9.17) is 4.74 Å². The summed E-state index contributed by atoms with van der Waals surface area (Å²) in [7, 11) is 0. The molecule has 0 unspecified atom stereocenters. The van der Waals surface area contributed by atoms with Crippen molar-refractivity contribution in [3.8, 4) is 5.75 Å². The second kappa shape index (κ2) is 5.95. The highest BCUT2D eigenvalue weighted by Crippen LogP contribution is 2.29. The number of rotatable bonds is 4. The molecule has 8 nitrogen and oxygen atoms in total. The minimum atomic E-state index is -1.19. The van der Waals surface area contributed by atoms with Gasteiger partial charge >= 0.3 is 11.7 Å². The molecule has 0 aliphatic carbocycles. The molecule has 0 bridgehead atoms. The van der Waals surface area contributed by atoms with E-state index in [0.29, 0.717) is 6.07 Å². The largest absolute Gasteiger partial charge is 0.415 e. The first-order chi connectivity index (χ1) is 10.4. The van der Waals surface area contributed by atoms with E-state index in [1.165, 1.54) is 12.1 Å². The Hall–Kier alpha value is -3.36. The first kappa shape index (κ1) is 15.0. The molecule has 0 aliphatic rings. The van der Waals surface area contributed by atoms with E-state index in [-0.39, 0.29) is 0 Å². The van der Waals surface area contributed by atoms with Crippen LogP contribution in [0.25, 0.3) is 0 Å². The molecule has 9 heteroatoms. The summed E-state index contributed by atoms with van der Waals surface area (Å²) in [6, 6.07) is 7.24. The number of carbonyl (C=O) groups is 1. The summed E-state index contributed by atoms with van der Waals surface area (Å²) in [5, 5.41) is 21.6. The predicted octanol–water partition coefficient (Wildman–Crippen LogP) is 2.86. The number of halogens is 1. The Kier molecular flexibility index (Phi) is 4.07. The van der Waals surface area contributed by atoms with E-state index in [1.807, 2.05) is 0 Å². The van der Waals surface area contributed by atoms with Gasteiger partial charge in [-0.05, 0) is 12.1 Å². The standard InChI is InChI=1S/C13H7FN2O6/c14-8-5-6-11(16(20)21)12(7-8)22-13(17)9-3-1-2-4-10(9)15(18)19/h1-7H. The van der Waals surface area contributed by atoms with Gasteiger partial charge in [-0.3, -0.25) is 20.2 Å². The highest BCUT2D eigenvalue weighted by atomic mass is 19.1. The second-order valence-corrected chi connectivity index (χ2v) is 4.03. The van der Waals surface area contributed by atoms with Crippen molar-refractivity contribution >= 4 is 17.3 Å². The fraction of sp³-hybridized carbons (Fsp3) is 0. The van der Waals surface area contributed by atoms with Gasteiger partial charge < -0.3 is 4.74 Å². The third-order valence-corrected chi connectivity index (χ3v) is 2.64. The lowest BCUT2D eigenvalue weighted by Gasteiger charge is -2.05. The Morgan fingerprint density at radius 3 is 2.27 bits per heavy atom. The zero-order valence-corrected chi connectivity index (χ0v) is 10.8. The van der Waals surface area contributed by atoms with Crippen LogP contribution >= 0.6 is 0 Å². The van der Waals surface area contributed by atoms with Gasteiger partial charge in [-0.25, -0.2) is 9.18 Å². The molecule has 112 valence electrons. The van der Waals surface area contributed by atoms with E-state index in [1.54, 1.807) is 0 Å². The summed E-state index contributed by atoms with van der Waals surface area (Å²) in [4.78, 5) is 31.9. The average Bonchev–Trinajstić information content (AvgIpc) is 2.46. The van der Waals surface area contributed by atoms with Crippen LogP contribution in [0.2, 0.25) is 0 Å². The van der Waals surface area contributed by atoms with Crippen molar-refractivity contribution in [2.75, 3.05) is 0 Å². The molecule has 0 aromatic heterocycles. The van der Waals surface area contributed by atoms with E-state index in [2.05, 4.69) is 0 Å². The quantitative estimate of drug-likeness (QED) is 0.371. The molecule has 0 radical (unpaired) electrons. The van der Waals surface area contributed by atoms with Crippen molar-refractivity contribution in [1.82, 2.24) is 0 Å². The number of esters is 1. The van der Waals surface area contributed by atoms with Gasteiger partial charge in [-0.15, -0.1) is 0 Å². The van der Waals surface area contributed by atoms with Crippen LogP contribution in [0.4, 0.5) is 15.8 Å². The Morgan fingerprint density at radius 1 is 1.00 bits per heavy atom. The summed E-state index contributed by atoms with van der Waals surface area (Å²) in [6.07, 6.45) is 0. The normalized spacial score (nSPS) is 10.0. The zero-order valence-electron chi connectivity index (χ0n) is 10.8. The Morgan fingerprint density at radius 2 is 1.64 bits per heavy atom. The van der Waals surface area contributed by atoms with E-state index in [9.17, 15) is 29.4 Å². The molecule has 0 spiro atoms. The molecule has 0 heterocycles. The lowest BCUT2D eigenvalue weighted by molar-refractivity contribution is -0.386. The van der Waals surface area contributed by atoms with Gasteiger partial charge in [0.25, 0.3) is 5.69 Å². The molecular formula is C13H7FN2O6. The minimum absolute atomic E-state index is 0.397. The van der Waals surface area contributed by atoms with Crippen molar-refractivity contribution < 1.29 is 23.8 Å². The molecule has 0 aliphatic heterocycles. The number of nitrogens with zero attached hydrogens (tertiary/aromatic N) is 2. The maximum atomic E-state index is 13.1. The predicted molar refractivity (Wildman–Crippen MR) is 71.1 cm³/mol. The molecule has 0 amide bonds. The molecule has 2 aromatic carbocycles. The van der Waals surface area contributed by atoms with Crippen molar-refractivity contribution in [2.24, 2.45) is 0 Å². The Balaban J connectivity index is 2.40. The number of benzene rings is 2. The zero-order chi connectivity index (χ0) is 16.3. The lowest BCUT2D eigenvalue weighted by atomic mass is 10.2. The summed E-state index contributed by atoms with van der Waals surface area (Å²) in [6.45, 7) is 0. The van der Waals surface area contributed by atoms with Gasteiger partial charge in [0.05, 0.1) is 9.85 Å². The van der Waals surface area contributed by atoms with Gasteiger partial charge in [-0.2, -0.15) is 0 Å². The van der Waals surface area contributed by atoms with Crippen LogP contribution in [0.1, 0.15) is 10.4 Å². The topological polar surface area (TPSA) is 113 Å². The first-order valence-electron chi connectivity index (χ1n) is 5.79. The number of hydrogen-bond acceptors (Lipinski definition) is 6. The highest BCUT2D eigenvalue weighted by molar-refractivity contribution is 5.95. The first-order valence-corrected chi connectivity index (χ1v) is 5.79. The smallest absolute Gasteiger partial charge is 0.350 e. The van der Waals surface area contributed by atoms with Crippen molar-refractivity contribution in [2.45, 2.75) is 0 Å². The van der Waals surface area contributed by atoms with Crippen molar-refractivity contribution in [3.05, 3.63) is 74.1 Å². The van der Waals surface area contributed by atoms with Crippen LogP contribution in [0.15, 0.2) is 42.5 Å². The molecule has 22 heavy (non-hydrogen) atoms. The second-order valence-electron chi connectivity index (χ2n) is 4.03. The SMILES string of the molecule is O=C(Oc1cc(F)ccc1[N+](=O)[O-])c1ccccc1[N+](=O)[O-]. The summed E-state index contributed by atoms with van der Waals surface area (Å²) in [5.41, 5.74) is -1.55. The van der Waals surface area contributed by atoms with Crippen molar-refractivity contribution in [1.29, 1.82) is 0 Å². The summed E-state index contributed by atoms with van der Waals surface area (Å²) in [5.74, 6) is -2.68. The molecular weight excluding hydrogens is 299 g/mol. The molecule has 0 saturated carbocycles. The van der Waals surface area contributed by atoms with Crippen LogP contribution in [0.5, 0.6) is 5.75 Å². The maximum absolute atomic E-state index is 13.1. The monoisotopic (exact) mass is 306 g/mol. The van der Waals surface area contributed by atoms with E-state index < -0.39 is 44.3 Å². The third kappa shape index (κ3) is 3.03. The van der Waals surface area contributed by atoms with E-state index >= 15 is 0 Å². The van der Waals surface area contributed by atoms with Crippen molar-refractivity contribution in [3.63, 3.8) is 0 Å². The van der Waals surface area contributed by atoms with Gasteiger partial charge in [0, 0.05) is 18.2 Å². The van der Waals surface area contributed by atoms with Crippen LogP contribution in [-0.4, -0.2) is 15.8 Å². The Labute approximate surface area is 122 Å². The number of hydrogen-bond donors (Lipinski definition) is 0. The van der Waals surface area contributed by atoms with Gasteiger partial charge in [0.1, 0.15) is 11.4 Å². The molecule has 0 atom stereocenters. The summed E-state index contributed by atoms with van der Waals surface area (Å²) < 4.78 is 17.9. The van der Waals surface area contributed by atoms with Gasteiger partial charge in [0.2, 0.25) is 5.75 Å². The van der Waals surface area contributed by atoms with Crippen LogP contribution in [-0.2, 0) is 0 Å². The molecule has 0 fully saturated rings. The lowest BCUT2D eigenvalue weighted by Crippen LogP contribution is -2.12. The number of carbonyl (C=O) groups excluding carboxylic acids is 1.